The zero-order valence-corrected chi connectivity index (χ0v) is 19.6. The molecule has 0 fully saturated rings. The van der Waals surface area contributed by atoms with Gasteiger partial charge in [0.15, 0.2) is 0 Å². The average Bonchev–Trinajstić information content (AvgIpc) is 3.34. The highest BCUT2D eigenvalue weighted by atomic mass is 16.3. The minimum atomic E-state index is 0.917. The zero-order chi connectivity index (χ0) is 23.9. The third-order valence-electron chi connectivity index (χ3n) is 6.87. The van der Waals surface area contributed by atoms with Crippen molar-refractivity contribution in [3.63, 3.8) is 0 Å². The van der Waals surface area contributed by atoms with E-state index in [9.17, 15) is 0 Å². The maximum atomic E-state index is 6.39. The Morgan fingerprint density at radius 3 is 1.69 bits per heavy atom. The number of para-hydroxylation sites is 4. The Morgan fingerprint density at radius 2 is 0.972 bits per heavy atom. The van der Waals surface area contributed by atoms with E-state index in [1.54, 1.807) is 0 Å². The molecule has 0 atom stereocenters. The van der Waals surface area contributed by atoms with Crippen LogP contribution in [-0.4, -0.2) is 0 Å². The van der Waals surface area contributed by atoms with Crippen LogP contribution in [-0.2, 0) is 0 Å². The van der Waals surface area contributed by atoms with Gasteiger partial charge < -0.3 is 9.32 Å². The summed E-state index contributed by atoms with van der Waals surface area (Å²) in [6.07, 6.45) is 0. The van der Waals surface area contributed by atoms with Gasteiger partial charge in [-0.15, -0.1) is 0 Å². The second-order valence-electron chi connectivity index (χ2n) is 8.96. The molecule has 36 heavy (non-hydrogen) atoms. The minimum absolute atomic E-state index is 0.917. The van der Waals surface area contributed by atoms with Crippen molar-refractivity contribution in [2.75, 3.05) is 4.90 Å². The van der Waals surface area contributed by atoms with Crippen LogP contribution in [0.5, 0.6) is 0 Å². The van der Waals surface area contributed by atoms with E-state index in [0.29, 0.717) is 0 Å². The number of hydrogen-bond donors (Lipinski definition) is 0. The molecular formula is C34H23NO. The van der Waals surface area contributed by atoms with Gasteiger partial charge in [-0.05, 0) is 47.3 Å². The van der Waals surface area contributed by atoms with E-state index >= 15 is 0 Å². The first-order valence-electron chi connectivity index (χ1n) is 12.2. The first-order chi connectivity index (χ1) is 17.9. The molecule has 0 spiro atoms. The van der Waals surface area contributed by atoms with Crippen molar-refractivity contribution in [1.29, 1.82) is 0 Å². The smallest absolute Gasteiger partial charge is 0.143 e. The van der Waals surface area contributed by atoms with Gasteiger partial charge in [-0.3, -0.25) is 0 Å². The molecular weight excluding hydrogens is 438 g/mol. The summed E-state index contributed by atoms with van der Waals surface area (Å²) in [6, 6.07) is 48.9. The number of nitrogens with zero attached hydrogens (tertiary/aromatic N) is 1. The van der Waals surface area contributed by atoms with E-state index in [1.165, 1.54) is 16.3 Å². The molecule has 0 aliphatic rings. The van der Waals surface area contributed by atoms with Gasteiger partial charge in [0.1, 0.15) is 11.2 Å². The lowest BCUT2D eigenvalue weighted by Gasteiger charge is -2.27. The highest BCUT2D eigenvalue weighted by molar-refractivity contribution is 6.14. The van der Waals surface area contributed by atoms with Crippen LogP contribution in [0.15, 0.2) is 144 Å². The molecule has 0 aliphatic carbocycles. The maximum Gasteiger partial charge on any atom is 0.143 e. The molecule has 7 aromatic rings. The molecule has 2 heteroatoms. The second kappa shape index (κ2) is 8.44. The number of rotatable bonds is 4. The van der Waals surface area contributed by atoms with Crippen molar-refractivity contribution in [2.24, 2.45) is 0 Å². The zero-order valence-electron chi connectivity index (χ0n) is 19.6. The third-order valence-corrected chi connectivity index (χ3v) is 6.87. The molecule has 0 radical (unpaired) electrons. The number of anilines is 3. The predicted octanol–water partition coefficient (Wildman–Crippen LogP) is 9.88. The first-order valence-corrected chi connectivity index (χ1v) is 12.2. The van der Waals surface area contributed by atoms with E-state index in [1.807, 2.05) is 12.1 Å². The quantitative estimate of drug-likeness (QED) is 0.259. The largest absolute Gasteiger partial charge is 0.455 e. The van der Waals surface area contributed by atoms with Crippen molar-refractivity contribution < 1.29 is 4.42 Å². The summed E-state index contributed by atoms with van der Waals surface area (Å²) >= 11 is 0. The first kappa shape index (κ1) is 20.5. The van der Waals surface area contributed by atoms with Gasteiger partial charge in [-0.1, -0.05) is 103 Å². The summed E-state index contributed by atoms with van der Waals surface area (Å²) < 4.78 is 6.39. The molecule has 0 aliphatic heterocycles. The summed E-state index contributed by atoms with van der Waals surface area (Å²) in [5.41, 5.74) is 7.52. The van der Waals surface area contributed by atoms with Gasteiger partial charge in [0.25, 0.3) is 0 Å². The van der Waals surface area contributed by atoms with Gasteiger partial charge in [0.05, 0.1) is 5.69 Å². The van der Waals surface area contributed by atoms with Gasteiger partial charge in [0.2, 0.25) is 0 Å². The van der Waals surface area contributed by atoms with Crippen molar-refractivity contribution in [3.05, 3.63) is 140 Å². The van der Waals surface area contributed by atoms with Crippen LogP contribution in [0.1, 0.15) is 0 Å². The third kappa shape index (κ3) is 3.27. The monoisotopic (exact) mass is 461 g/mol. The fourth-order valence-corrected chi connectivity index (χ4v) is 5.25. The van der Waals surface area contributed by atoms with Gasteiger partial charge in [0, 0.05) is 33.1 Å². The molecule has 1 aromatic heterocycles. The lowest BCUT2D eigenvalue weighted by Crippen LogP contribution is -2.10. The highest BCUT2D eigenvalue weighted by Crippen LogP contribution is 2.43. The van der Waals surface area contributed by atoms with Crippen LogP contribution in [0.4, 0.5) is 17.1 Å². The van der Waals surface area contributed by atoms with Crippen LogP contribution < -0.4 is 4.90 Å². The maximum absolute atomic E-state index is 6.39. The fourth-order valence-electron chi connectivity index (χ4n) is 5.25. The number of benzene rings is 6. The molecule has 0 bridgehead atoms. The summed E-state index contributed by atoms with van der Waals surface area (Å²) in [5.74, 6) is 0. The van der Waals surface area contributed by atoms with Crippen molar-refractivity contribution in [3.8, 4) is 11.1 Å². The standard InChI is InChI=1S/C34H23NO/c1-3-12-24(13-4-1)35(25-14-5-2-6-15-25)32-23-22-27(26-16-7-8-17-28(26)32)30-19-11-20-31-29-18-9-10-21-33(29)36-34(30)31/h1-23H. The molecule has 2 nitrogen and oxygen atoms in total. The Labute approximate surface area is 209 Å². The molecule has 6 aromatic carbocycles. The lowest BCUT2D eigenvalue weighted by molar-refractivity contribution is 0.670. The number of fused-ring (bicyclic) bond motifs is 4. The molecule has 0 unspecified atom stereocenters. The van der Waals surface area contributed by atoms with Crippen molar-refractivity contribution >= 4 is 49.8 Å². The molecule has 0 N–H and O–H groups in total. The van der Waals surface area contributed by atoms with Crippen molar-refractivity contribution in [1.82, 2.24) is 0 Å². The summed E-state index contributed by atoms with van der Waals surface area (Å²) in [4.78, 5) is 2.33. The van der Waals surface area contributed by atoms with Crippen molar-refractivity contribution in [2.45, 2.75) is 0 Å². The summed E-state index contributed by atoms with van der Waals surface area (Å²) in [5, 5.41) is 4.68. The summed E-state index contributed by atoms with van der Waals surface area (Å²) in [7, 11) is 0. The van der Waals surface area contributed by atoms with Gasteiger partial charge >= 0.3 is 0 Å². The van der Waals surface area contributed by atoms with E-state index in [2.05, 4.69) is 132 Å². The van der Waals surface area contributed by atoms with Gasteiger partial charge in [-0.2, -0.15) is 0 Å². The fraction of sp³-hybridized carbons (Fsp3) is 0. The molecule has 0 amide bonds. The molecule has 0 saturated carbocycles. The van der Waals surface area contributed by atoms with Crippen LogP contribution >= 0.6 is 0 Å². The average molecular weight is 462 g/mol. The van der Waals surface area contributed by atoms with E-state index in [-0.39, 0.29) is 0 Å². The van der Waals surface area contributed by atoms with Crippen LogP contribution in [0, 0.1) is 0 Å². The van der Waals surface area contributed by atoms with E-state index < -0.39 is 0 Å². The number of hydrogen-bond acceptors (Lipinski definition) is 2. The van der Waals surface area contributed by atoms with Gasteiger partial charge in [-0.25, -0.2) is 0 Å². The normalized spacial score (nSPS) is 11.3. The Kier molecular flexibility index (Phi) is 4.82. The van der Waals surface area contributed by atoms with E-state index in [0.717, 1.165) is 44.6 Å². The number of furan rings is 1. The van der Waals surface area contributed by atoms with Crippen LogP contribution in [0.3, 0.4) is 0 Å². The minimum Gasteiger partial charge on any atom is -0.455 e. The molecule has 1 heterocycles. The molecule has 170 valence electrons. The Balaban J connectivity index is 1.50. The van der Waals surface area contributed by atoms with Crippen LogP contribution in [0.2, 0.25) is 0 Å². The Hall–Kier alpha value is -4.82. The topological polar surface area (TPSA) is 16.4 Å². The molecule has 7 rings (SSSR count). The highest BCUT2D eigenvalue weighted by Gasteiger charge is 2.18. The van der Waals surface area contributed by atoms with Crippen LogP contribution in [0.25, 0.3) is 43.8 Å². The summed E-state index contributed by atoms with van der Waals surface area (Å²) in [6.45, 7) is 0. The Bertz CT molecular complexity index is 1790. The second-order valence-corrected chi connectivity index (χ2v) is 8.96. The SMILES string of the molecule is c1ccc(N(c2ccccc2)c2ccc(-c3cccc4c3oc3ccccc34)c3ccccc23)cc1. The predicted molar refractivity (Wildman–Crippen MR) is 151 cm³/mol. The lowest BCUT2D eigenvalue weighted by atomic mass is 9.95. The van der Waals surface area contributed by atoms with E-state index in [4.69, 9.17) is 4.42 Å². The Morgan fingerprint density at radius 1 is 0.389 bits per heavy atom. The molecule has 0 saturated heterocycles.